The molecule has 0 saturated heterocycles. The van der Waals surface area contributed by atoms with Gasteiger partial charge in [-0.25, -0.2) is 0 Å². The van der Waals surface area contributed by atoms with Crippen molar-refractivity contribution < 1.29 is 0 Å². The molecule has 0 bridgehead atoms. The van der Waals surface area contributed by atoms with E-state index in [1.165, 1.54) is 0 Å². The van der Waals surface area contributed by atoms with Crippen LogP contribution in [0.2, 0.25) is 5.02 Å². The number of rotatable bonds is 4. The summed E-state index contributed by atoms with van der Waals surface area (Å²) in [4.78, 5) is 0. The topological polar surface area (TPSA) is 35.8 Å². The zero-order chi connectivity index (χ0) is 11.3. The number of benzene rings is 1. The molecule has 1 aromatic carbocycles. The molecule has 0 amide bonds. The van der Waals surface area contributed by atoms with Crippen LogP contribution in [0.4, 0.5) is 0 Å². The van der Waals surface area contributed by atoms with Gasteiger partial charge in [-0.1, -0.05) is 27.5 Å². The molecular formula is C11H12BrClN2. The maximum atomic E-state index is 8.51. The molecule has 1 N–H and O–H groups in total. The maximum absolute atomic E-state index is 8.51. The maximum Gasteiger partial charge on any atom is 0.0638 e. The number of nitriles is 1. The third kappa shape index (κ3) is 4.21. The highest BCUT2D eigenvalue weighted by atomic mass is 79.9. The van der Waals surface area contributed by atoms with Gasteiger partial charge in [0.1, 0.15) is 0 Å². The predicted molar refractivity (Wildman–Crippen MR) is 65.7 cm³/mol. The molecule has 1 rings (SSSR count). The fourth-order valence-electron chi connectivity index (χ4n) is 1.17. The van der Waals surface area contributed by atoms with Gasteiger partial charge in [0, 0.05) is 22.1 Å². The molecule has 0 aromatic heterocycles. The minimum atomic E-state index is 0.195. The van der Waals surface area contributed by atoms with Crippen molar-refractivity contribution in [1.29, 1.82) is 5.26 Å². The van der Waals surface area contributed by atoms with Gasteiger partial charge >= 0.3 is 0 Å². The van der Waals surface area contributed by atoms with Gasteiger partial charge in [-0.2, -0.15) is 5.26 Å². The van der Waals surface area contributed by atoms with Crippen LogP contribution in [-0.2, 0) is 6.54 Å². The summed E-state index contributed by atoms with van der Waals surface area (Å²) in [7, 11) is 0. The standard InChI is InChI=1S/C11H12BrClN2/c1-8(4-5-14)15-7-9-6-10(13)2-3-11(9)12/h2-3,6,8,15H,4,7H2,1H3. The molecule has 1 aromatic rings. The molecule has 0 heterocycles. The molecule has 0 spiro atoms. The summed E-state index contributed by atoms with van der Waals surface area (Å²) in [5, 5.41) is 12.5. The predicted octanol–water partition coefficient (Wildman–Crippen LogP) is 3.49. The quantitative estimate of drug-likeness (QED) is 0.920. The first-order valence-electron chi connectivity index (χ1n) is 4.67. The van der Waals surface area contributed by atoms with Crippen molar-refractivity contribution in [2.45, 2.75) is 25.9 Å². The van der Waals surface area contributed by atoms with E-state index in [-0.39, 0.29) is 6.04 Å². The van der Waals surface area contributed by atoms with Gasteiger partial charge in [-0.15, -0.1) is 0 Å². The van der Waals surface area contributed by atoms with Gasteiger partial charge in [0.15, 0.2) is 0 Å². The lowest BCUT2D eigenvalue weighted by Gasteiger charge is -2.11. The lowest BCUT2D eigenvalue weighted by molar-refractivity contribution is 0.556. The van der Waals surface area contributed by atoms with E-state index in [1.54, 1.807) is 0 Å². The Hall–Kier alpha value is -0.560. The van der Waals surface area contributed by atoms with Crippen molar-refractivity contribution in [2.24, 2.45) is 0 Å². The second-order valence-electron chi connectivity index (χ2n) is 3.38. The first-order chi connectivity index (χ1) is 7.13. The van der Waals surface area contributed by atoms with Crippen LogP contribution in [0.5, 0.6) is 0 Å². The number of hydrogen-bond acceptors (Lipinski definition) is 2. The monoisotopic (exact) mass is 286 g/mol. The summed E-state index contributed by atoms with van der Waals surface area (Å²) >= 11 is 9.35. The van der Waals surface area contributed by atoms with Crippen LogP contribution in [0.3, 0.4) is 0 Å². The minimum absolute atomic E-state index is 0.195. The van der Waals surface area contributed by atoms with Gasteiger partial charge < -0.3 is 5.32 Å². The Labute approximate surface area is 103 Å². The molecule has 0 fully saturated rings. The molecule has 0 saturated carbocycles. The average Bonchev–Trinajstić information content (AvgIpc) is 2.20. The van der Waals surface area contributed by atoms with Crippen LogP contribution < -0.4 is 5.32 Å². The number of nitrogens with zero attached hydrogens (tertiary/aromatic N) is 1. The second-order valence-corrected chi connectivity index (χ2v) is 4.67. The Balaban J connectivity index is 2.57. The van der Waals surface area contributed by atoms with Gasteiger partial charge in [0.25, 0.3) is 0 Å². The van der Waals surface area contributed by atoms with Crippen LogP contribution in [0.1, 0.15) is 18.9 Å². The number of halogens is 2. The average molecular weight is 288 g/mol. The smallest absolute Gasteiger partial charge is 0.0638 e. The van der Waals surface area contributed by atoms with E-state index in [0.29, 0.717) is 13.0 Å². The summed E-state index contributed by atoms with van der Waals surface area (Å²) in [6.07, 6.45) is 0.512. The van der Waals surface area contributed by atoms with Gasteiger partial charge in [0.2, 0.25) is 0 Å². The van der Waals surface area contributed by atoms with Crippen molar-refractivity contribution >= 4 is 27.5 Å². The molecule has 1 unspecified atom stereocenters. The van der Waals surface area contributed by atoms with E-state index >= 15 is 0 Å². The Kier molecular flexibility index (Phi) is 5.10. The van der Waals surface area contributed by atoms with Crippen molar-refractivity contribution in [2.75, 3.05) is 0 Å². The fraction of sp³-hybridized carbons (Fsp3) is 0.364. The van der Waals surface area contributed by atoms with Crippen molar-refractivity contribution in [3.05, 3.63) is 33.3 Å². The van der Waals surface area contributed by atoms with Crippen molar-refractivity contribution in [1.82, 2.24) is 5.32 Å². The molecule has 0 aliphatic rings. The molecule has 15 heavy (non-hydrogen) atoms. The number of hydrogen-bond donors (Lipinski definition) is 1. The van der Waals surface area contributed by atoms with Gasteiger partial charge in [-0.05, 0) is 30.7 Å². The largest absolute Gasteiger partial charge is 0.309 e. The van der Waals surface area contributed by atoms with E-state index in [9.17, 15) is 0 Å². The molecule has 1 atom stereocenters. The van der Waals surface area contributed by atoms with Crippen LogP contribution in [0.25, 0.3) is 0 Å². The van der Waals surface area contributed by atoms with Gasteiger partial charge in [0.05, 0.1) is 12.5 Å². The summed E-state index contributed by atoms with van der Waals surface area (Å²) in [6.45, 7) is 2.70. The van der Waals surface area contributed by atoms with Crippen LogP contribution >= 0.6 is 27.5 Å². The lowest BCUT2D eigenvalue weighted by atomic mass is 10.2. The molecule has 2 nitrogen and oxygen atoms in total. The molecule has 0 radical (unpaired) electrons. The van der Waals surface area contributed by atoms with E-state index in [4.69, 9.17) is 16.9 Å². The van der Waals surface area contributed by atoms with E-state index in [0.717, 1.165) is 15.1 Å². The normalized spacial score (nSPS) is 12.1. The Morgan fingerprint density at radius 2 is 2.33 bits per heavy atom. The zero-order valence-electron chi connectivity index (χ0n) is 8.43. The first kappa shape index (κ1) is 12.5. The molecule has 0 aliphatic carbocycles. The summed E-state index contributed by atoms with van der Waals surface area (Å²) in [5.74, 6) is 0. The SMILES string of the molecule is CC(CC#N)NCc1cc(Cl)ccc1Br. The molecule has 0 aliphatic heterocycles. The van der Waals surface area contributed by atoms with E-state index in [2.05, 4.69) is 27.3 Å². The molecule has 80 valence electrons. The third-order valence-electron chi connectivity index (χ3n) is 2.05. The Bertz CT molecular complexity index is 373. The van der Waals surface area contributed by atoms with Crippen molar-refractivity contribution in [3.63, 3.8) is 0 Å². The Morgan fingerprint density at radius 3 is 3.00 bits per heavy atom. The highest BCUT2D eigenvalue weighted by Gasteiger charge is 2.03. The van der Waals surface area contributed by atoms with Gasteiger partial charge in [-0.3, -0.25) is 0 Å². The summed E-state index contributed by atoms with van der Waals surface area (Å²) < 4.78 is 1.03. The second kappa shape index (κ2) is 6.12. The lowest BCUT2D eigenvalue weighted by Crippen LogP contribution is -2.24. The minimum Gasteiger partial charge on any atom is -0.309 e. The van der Waals surface area contributed by atoms with E-state index in [1.807, 2.05) is 25.1 Å². The Morgan fingerprint density at radius 1 is 1.60 bits per heavy atom. The highest BCUT2D eigenvalue weighted by molar-refractivity contribution is 9.10. The van der Waals surface area contributed by atoms with Crippen LogP contribution in [0, 0.1) is 11.3 Å². The van der Waals surface area contributed by atoms with Crippen molar-refractivity contribution in [3.8, 4) is 6.07 Å². The first-order valence-corrected chi connectivity index (χ1v) is 5.85. The fourth-order valence-corrected chi connectivity index (χ4v) is 1.75. The third-order valence-corrected chi connectivity index (χ3v) is 3.05. The van der Waals surface area contributed by atoms with E-state index < -0.39 is 0 Å². The summed E-state index contributed by atoms with van der Waals surface area (Å²) in [5.41, 5.74) is 1.10. The van der Waals surface area contributed by atoms with Crippen LogP contribution in [0.15, 0.2) is 22.7 Å². The molecule has 4 heteroatoms. The summed E-state index contributed by atoms with van der Waals surface area (Å²) in [6, 6.07) is 8.01. The van der Waals surface area contributed by atoms with Crippen LogP contribution in [-0.4, -0.2) is 6.04 Å². The number of nitrogens with one attached hydrogen (secondary N) is 1. The highest BCUT2D eigenvalue weighted by Crippen LogP contribution is 2.21. The zero-order valence-corrected chi connectivity index (χ0v) is 10.8. The molecular weight excluding hydrogens is 275 g/mol.